The molecule has 0 atom stereocenters. The number of rotatable bonds is 2. The summed E-state index contributed by atoms with van der Waals surface area (Å²) < 4.78 is 0. The maximum atomic E-state index is 5.07. The molecule has 3 heterocycles. The second-order valence-corrected chi connectivity index (χ2v) is 8.02. The van der Waals surface area contributed by atoms with Crippen molar-refractivity contribution in [2.45, 2.75) is 13.8 Å². The van der Waals surface area contributed by atoms with Crippen molar-refractivity contribution in [1.29, 1.82) is 0 Å². The average molecular weight is 383 g/mol. The molecule has 0 amide bonds. The molecule has 4 aromatic rings. The van der Waals surface area contributed by atoms with Gasteiger partial charge in [-0.25, -0.2) is 9.97 Å². The van der Waals surface area contributed by atoms with E-state index in [1.807, 2.05) is 6.20 Å². The number of likely N-dealkylation sites (N-methyl/N-ethyl adjacent to an activating group) is 1. The molecule has 146 valence electrons. The van der Waals surface area contributed by atoms with Crippen molar-refractivity contribution in [2.24, 2.45) is 0 Å². The van der Waals surface area contributed by atoms with Crippen LogP contribution in [0.3, 0.4) is 0 Å². The number of benzene rings is 2. The molecule has 29 heavy (non-hydrogen) atoms. The molecule has 1 aliphatic heterocycles. The number of aromatic nitrogens is 3. The number of pyridine rings is 1. The van der Waals surface area contributed by atoms with Gasteiger partial charge in [0.1, 0.15) is 11.5 Å². The first-order valence-corrected chi connectivity index (χ1v) is 10.2. The molecule has 5 rings (SSSR count). The Kier molecular flexibility index (Phi) is 4.40. The van der Waals surface area contributed by atoms with Gasteiger partial charge < -0.3 is 9.80 Å². The van der Waals surface area contributed by atoms with Crippen LogP contribution in [0.15, 0.2) is 48.7 Å². The molecule has 0 aliphatic carbocycles. The highest BCUT2D eigenvalue weighted by atomic mass is 15.3. The highest BCUT2D eigenvalue weighted by Crippen LogP contribution is 2.30. The summed E-state index contributed by atoms with van der Waals surface area (Å²) in [5.41, 5.74) is 6.01. The minimum atomic E-state index is 0.821. The van der Waals surface area contributed by atoms with Crippen LogP contribution in [0.2, 0.25) is 0 Å². The summed E-state index contributed by atoms with van der Waals surface area (Å²) in [5, 5.41) is 2.38. The van der Waals surface area contributed by atoms with Crippen molar-refractivity contribution < 1.29 is 0 Å². The number of hydrogen-bond donors (Lipinski definition) is 0. The molecule has 0 spiro atoms. The van der Waals surface area contributed by atoms with Gasteiger partial charge in [0.05, 0.1) is 22.9 Å². The predicted octanol–water partition coefficient (Wildman–Crippen LogP) is 4.21. The summed E-state index contributed by atoms with van der Waals surface area (Å²) in [6, 6.07) is 14.8. The van der Waals surface area contributed by atoms with Crippen molar-refractivity contribution in [3.05, 3.63) is 59.8 Å². The molecule has 1 saturated heterocycles. The highest BCUT2D eigenvalue weighted by molar-refractivity contribution is 5.95. The van der Waals surface area contributed by atoms with E-state index in [1.54, 1.807) is 0 Å². The second-order valence-electron chi connectivity index (χ2n) is 8.02. The van der Waals surface area contributed by atoms with Gasteiger partial charge in [-0.3, -0.25) is 4.98 Å². The van der Waals surface area contributed by atoms with Gasteiger partial charge >= 0.3 is 0 Å². The van der Waals surface area contributed by atoms with Gasteiger partial charge in [-0.05, 0) is 55.6 Å². The molecule has 2 aromatic carbocycles. The molecular formula is C24H25N5. The maximum Gasteiger partial charge on any atom is 0.137 e. The minimum absolute atomic E-state index is 0.821. The molecule has 2 aromatic heterocycles. The Balaban J connectivity index is 1.65. The Labute approximate surface area is 171 Å². The van der Waals surface area contributed by atoms with E-state index < -0.39 is 0 Å². The number of piperazine rings is 1. The van der Waals surface area contributed by atoms with E-state index in [1.165, 1.54) is 21.9 Å². The predicted molar refractivity (Wildman–Crippen MR) is 119 cm³/mol. The zero-order chi connectivity index (χ0) is 20.0. The first-order valence-electron chi connectivity index (χ1n) is 10.2. The maximum absolute atomic E-state index is 5.07. The normalized spacial score (nSPS) is 15.3. The third-order valence-electron chi connectivity index (χ3n) is 5.94. The van der Waals surface area contributed by atoms with Crippen LogP contribution >= 0.6 is 0 Å². The lowest BCUT2D eigenvalue weighted by atomic mass is 10.1. The Bertz CT molecular complexity index is 1210. The minimum Gasteiger partial charge on any atom is -0.354 e. The highest BCUT2D eigenvalue weighted by Gasteiger charge is 2.19. The zero-order valence-corrected chi connectivity index (χ0v) is 17.2. The largest absolute Gasteiger partial charge is 0.354 e. The number of hydrogen-bond acceptors (Lipinski definition) is 5. The Morgan fingerprint density at radius 3 is 2.31 bits per heavy atom. The Morgan fingerprint density at radius 2 is 1.52 bits per heavy atom. The summed E-state index contributed by atoms with van der Waals surface area (Å²) in [7, 11) is 2.17. The molecule has 5 heteroatoms. The third kappa shape index (κ3) is 3.32. The number of aryl methyl sites for hydroxylation is 2. The first-order chi connectivity index (χ1) is 14.1. The summed E-state index contributed by atoms with van der Waals surface area (Å²) in [6.07, 6.45) is 1.85. The standard InChI is InChI=1S/C24H25N5/c1-16-12-20-21(13-17(16)2)26-23(15-25-20)22-14-18-6-4-5-7-19(18)24(27-22)29-10-8-28(3)9-11-29/h4-7,12-15H,8-11H2,1-3H3. The Hall–Kier alpha value is -3.05. The van der Waals surface area contributed by atoms with E-state index in [9.17, 15) is 0 Å². The van der Waals surface area contributed by atoms with Gasteiger partial charge in [0.15, 0.2) is 0 Å². The number of fused-ring (bicyclic) bond motifs is 2. The lowest BCUT2D eigenvalue weighted by molar-refractivity contribution is 0.312. The van der Waals surface area contributed by atoms with Crippen molar-refractivity contribution >= 4 is 27.6 Å². The Morgan fingerprint density at radius 1 is 0.793 bits per heavy atom. The summed E-state index contributed by atoms with van der Waals surface area (Å²) in [6.45, 7) is 8.29. The molecular weight excluding hydrogens is 358 g/mol. The fourth-order valence-electron chi connectivity index (χ4n) is 3.96. The monoisotopic (exact) mass is 383 g/mol. The van der Waals surface area contributed by atoms with E-state index in [2.05, 4.69) is 78.1 Å². The lowest BCUT2D eigenvalue weighted by Crippen LogP contribution is -2.44. The van der Waals surface area contributed by atoms with Crippen LogP contribution in [0.25, 0.3) is 33.2 Å². The van der Waals surface area contributed by atoms with Crippen LogP contribution in [0.5, 0.6) is 0 Å². The van der Waals surface area contributed by atoms with Crippen molar-refractivity contribution in [3.8, 4) is 11.4 Å². The van der Waals surface area contributed by atoms with E-state index in [0.717, 1.165) is 54.4 Å². The van der Waals surface area contributed by atoms with E-state index in [0.29, 0.717) is 0 Å². The van der Waals surface area contributed by atoms with Gasteiger partial charge in [0, 0.05) is 31.6 Å². The van der Waals surface area contributed by atoms with E-state index in [4.69, 9.17) is 9.97 Å². The van der Waals surface area contributed by atoms with Gasteiger partial charge in [0.2, 0.25) is 0 Å². The zero-order valence-electron chi connectivity index (χ0n) is 17.2. The summed E-state index contributed by atoms with van der Waals surface area (Å²) >= 11 is 0. The topological polar surface area (TPSA) is 45.2 Å². The molecule has 5 nitrogen and oxygen atoms in total. The van der Waals surface area contributed by atoms with Crippen LogP contribution < -0.4 is 4.90 Å². The molecule has 0 bridgehead atoms. The van der Waals surface area contributed by atoms with Crippen molar-refractivity contribution in [3.63, 3.8) is 0 Å². The summed E-state index contributed by atoms with van der Waals surface area (Å²) in [4.78, 5) is 19.4. The molecule has 0 unspecified atom stereocenters. The van der Waals surface area contributed by atoms with Crippen molar-refractivity contribution in [2.75, 3.05) is 38.1 Å². The van der Waals surface area contributed by atoms with Gasteiger partial charge in [-0.2, -0.15) is 0 Å². The SMILES string of the molecule is Cc1cc2ncc(-c3cc4ccccc4c(N4CCN(C)CC4)n3)nc2cc1C. The van der Waals surface area contributed by atoms with Crippen molar-refractivity contribution in [1.82, 2.24) is 19.9 Å². The van der Waals surface area contributed by atoms with Crippen LogP contribution in [0.1, 0.15) is 11.1 Å². The molecule has 1 aliphatic rings. The molecule has 1 fully saturated rings. The summed E-state index contributed by atoms with van der Waals surface area (Å²) in [5.74, 6) is 1.05. The third-order valence-corrected chi connectivity index (χ3v) is 5.94. The van der Waals surface area contributed by atoms with Crippen LogP contribution in [0, 0.1) is 13.8 Å². The number of nitrogens with zero attached hydrogens (tertiary/aromatic N) is 5. The van der Waals surface area contributed by atoms with Crippen LogP contribution in [-0.2, 0) is 0 Å². The first kappa shape index (κ1) is 18.0. The van der Waals surface area contributed by atoms with Crippen LogP contribution in [-0.4, -0.2) is 53.1 Å². The smallest absolute Gasteiger partial charge is 0.137 e. The lowest BCUT2D eigenvalue weighted by Gasteiger charge is -2.34. The fraction of sp³-hybridized carbons (Fsp3) is 0.292. The number of anilines is 1. The van der Waals surface area contributed by atoms with Gasteiger partial charge in [-0.15, -0.1) is 0 Å². The van der Waals surface area contributed by atoms with E-state index in [-0.39, 0.29) is 0 Å². The van der Waals surface area contributed by atoms with Gasteiger partial charge in [-0.1, -0.05) is 24.3 Å². The van der Waals surface area contributed by atoms with Crippen LogP contribution in [0.4, 0.5) is 5.82 Å². The molecule has 0 saturated carbocycles. The average Bonchev–Trinajstić information content (AvgIpc) is 2.74. The molecule has 0 radical (unpaired) electrons. The quantitative estimate of drug-likeness (QED) is 0.519. The molecule has 0 N–H and O–H groups in total. The fourth-order valence-corrected chi connectivity index (χ4v) is 3.96. The second kappa shape index (κ2) is 7.08. The van der Waals surface area contributed by atoms with Gasteiger partial charge in [0.25, 0.3) is 0 Å². The van der Waals surface area contributed by atoms with E-state index >= 15 is 0 Å².